The molecule has 0 aromatic heterocycles. The zero-order valence-electron chi connectivity index (χ0n) is 24.0. The van der Waals surface area contributed by atoms with Crippen LogP contribution in [0.25, 0.3) is 0 Å². The molecule has 1 heterocycles. The maximum Gasteiger partial charge on any atom is 0.229 e. The first-order valence-electron chi connectivity index (χ1n) is 14.4. The normalized spacial score (nSPS) is 25.1. The molecule has 5 nitrogen and oxygen atoms in total. The van der Waals surface area contributed by atoms with E-state index in [9.17, 15) is 13.2 Å². The SMILES string of the molecule is C=CC[C@@]1(C)C[C@H](c2cccc(Cl)c2)[C@@H](c2ccc(Cl)cc2)N([C@@H](CC(C)(c2ccccc2)S(N)(=O)=O)C2CC2)C1=O. The number of amides is 1. The van der Waals surface area contributed by atoms with E-state index in [1.54, 1.807) is 25.1 Å². The second-order valence-corrected chi connectivity index (χ2v) is 15.2. The Morgan fingerprint density at radius 3 is 2.26 bits per heavy atom. The number of carbonyl (C=O) groups excluding carboxylic acids is 1. The van der Waals surface area contributed by atoms with Crippen molar-refractivity contribution in [1.29, 1.82) is 0 Å². The van der Waals surface area contributed by atoms with E-state index in [-0.39, 0.29) is 36.2 Å². The average Bonchev–Trinajstić information content (AvgIpc) is 3.79. The molecule has 3 aromatic rings. The van der Waals surface area contributed by atoms with Crippen LogP contribution in [0.3, 0.4) is 0 Å². The molecule has 1 aliphatic heterocycles. The van der Waals surface area contributed by atoms with Gasteiger partial charge >= 0.3 is 0 Å². The quantitative estimate of drug-likeness (QED) is 0.232. The van der Waals surface area contributed by atoms with Crippen molar-refractivity contribution < 1.29 is 13.2 Å². The van der Waals surface area contributed by atoms with Crippen LogP contribution >= 0.6 is 23.2 Å². The van der Waals surface area contributed by atoms with Crippen LogP contribution in [0.15, 0.2) is 91.5 Å². The molecule has 1 unspecified atom stereocenters. The molecule has 0 bridgehead atoms. The molecule has 2 aliphatic rings. The summed E-state index contributed by atoms with van der Waals surface area (Å²) in [6.45, 7) is 7.67. The van der Waals surface area contributed by atoms with E-state index in [2.05, 4.69) is 12.6 Å². The smallest absolute Gasteiger partial charge is 0.229 e. The summed E-state index contributed by atoms with van der Waals surface area (Å²) < 4.78 is 25.3. The maximum atomic E-state index is 14.8. The zero-order valence-corrected chi connectivity index (χ0v) is 26.4. The molecular weight excluding hydrogens is 587 g/mol. The lowest BCUT2D eigenvalue weighted by Gasteiger charge is -2.53. The summed E-state index contributed by atoms with van der Waals surface area (Å²) in [6, 6.07) is 23.8. The van der Waals surface area contributed by atoms with Crippen molar-refractivity contribution in [2.45, 2.75) is 68.7 Å². The van der Waals surface area contributed by atoms with Gasteiger partial charge in [0.1, 0.15) is 4.75 Å². The standard InChI is InChI=1S/C34H38Cl2N2O3S/c1-4-19-33(2)21-29(25-9-8-12-28(36)20-25)31(24-15-17-27(35)18-16-24)38(32(33)39)30(23-13-14-23)22-34(3,42(37,40)41)26-10-6-5-7-11-26/h4-12,15-18,20,23,29-31H,1,13-14,19,21-22H2,2-3H3,(H2,37,40,41)/t29-,30+,31-,33+,34?/m1/s1. The van der Waals surface area contributed by atoms with Crippen molar-refractivity contribution in [1.82, 2.24) is 4.90 Å². The third-order valence-electron chi connectivity index (χ3n) is 9.32. The number of halogens is 2. The molecule has 1 saturated carbocycles. The minimum atomic E-state index is -4.06. The van der Waals surface area contributed by atoms with Gasteiger partial charge in [-0.25, -0.2) is 13.6 Å². The molecule has 1 aliphatic carbocycles. The van der Waals surface area contributed by atoms with Crippen molar-refractivity contribution in [2.75, 3.05) is 0 Å². The predicted octanol–water partition coefficient (Wildman–Crippen LogP) is 8.01. The highest BCUT2D eigenvalue weighted by atomic mass is 35.5. The molecule has 3 aromatic carbocycles. The molecule has 5 rings (SSSR count). The predicted molar refractivity (Wildman–Crippen MR) is 171 cm³/mol. The molecule has 42 heavy (non-hydrogen) atoms. The van der Waals surface area contributed by atoms with Crippen LogP contribution in [-0.2, 0) is 19.6 Å². The molecule has 5 atom stereocenters. The second-order valence-electron chi connectivity index (χ2n) is 12.4. The zero-order chi connectivity index (χ0) is 30.3. The molecular formula is C34H38Cl2N2O3S. The van der Waals surface area contributed by atoms with E-state index in [1.165, 1.54) is 0 Å². The van der Waals surface area contributed by atoms with E-state index < -0.39 is 20.2 Å². The number of benzene rings is 3. The molecule has 1 saturated heterocycles. The monoisotopic (exact) mass is 624 g/mol. The highest BCUT2D eigenvalue weighted by Gasteiger charge is 2.55. The Morgan fingerprint density at radius 1 is 1.02 bits per heavy atom. The lowest BCUT2D eigenvalue weighted by Crippen LogP contribution is -2.58. The molecule has 0 spiro atoms. The van der Waals surface area contributed by atoms with Crippen LogP contribution in [0.2, 0.25) is 10.0 Å². The summed E-state index contributed by atoms with van der Waals surface area (Å²) in [7, 11) is -4.06. The number of rotatable bonds is 10. The molecule has 2 fully saturated rings. The van der Waals surface area contributed by atoms with E-state index in [0.29, 0.717) is 28.5 Å². The van der Waals surface area contributed by atoms with Crippen molar-refractivity contribution >= 4 is 39.1 Å². The van der Waals surface area contributed by atoms with Crippen molar-refractivity contribution in [2.24, 2.45) is 16.5 Å². The number of hydrogen-bond donors (Lipinski definition) is 1. The molecule has 2 N–H and O–H groups in total. The Hall–Kier alpha value is -2.64. The number of nitrogens with two attached hydrogens (primary N) is 1. The summed E-state index contributed by atoms with van der Waals surface area (Å²) in [5.41, 5.74) is 1.85. The lowest BCUT2D eigenvalue weighted by atomic mass is 9.66. The lowest BCUT2D eigenvalue weighted by molar-refractivity contribution is -0.155. The van der Waals surface area contributed by atoms with Gasteiger partial charge in [0.2, 0.25) is 15.9 Å². The van der Waals surface area contributed by atoms with Crippen LogP contribution in [0, 0.1) is 11.3 Å². The van der Waals surface area contributed by atoms with Gasteiger partial charge in [0.25, 0.3) is 0 Å². The minimum Gasteiger partial charge on any atom is -0.331 e. The summed E-state index contributed by atoms with van der Waals surface area (Å²) in [5.74, 6) is 0.0493. The van der Waals surface area contributed by atoms with Crippen LogP contribution in [0.4, 0.5) is 0 Å². The number of likely N-dealkylation sites (tertiary alicyclic amines) is 1. The molecule has 0 radical (unpaired) electrons. The molecule has 1 amide bonds. The van der Waals surface area contributed by atoms with E-state index >= 15 is 0 Å². The van der Waals surface area contributed by atoms with Gasteiger partial charge in [-0.1, -0.05) is 90.8 Å². The van der Waals surface area contributed by atoms with Crippen LogP contribution < -0.4 is 5.14 Å². The number of sulfonamides is 1. The highest BCUT2D eigenvalue weighted by Crippen LogP contribution is 2.55. The summed E-state index contributed by atoms with van der Waals surface area (Å²) in [6.07, 6.45) is 4.90. The third-order valence-corrected chi connectivity index (χ3v) is 11.5. The molecule has 222 valence electrons. The highest BCUT2D eigenvalue weighted by molar-refractivity contribution is 7.90. The number of carbonyl (C=O) groups is 1. The number of hydrogen-bond acceptors (Lipinski definition) is 3. The summed E-state index contributed by atoms with van der Waals surface area (Å²) in [4.78, 5) is 16.8. The van der Waals surface area contributed by atoms with Crippen LogP contribution in [0.5, 0.6) is 0 Å². The van der Waals surface area contributed by atoms with Crippen LogP contribution in [-0.4, -0.2) is 25.3 Å². The Kier molecular flexibility index (Phi) is 8.66. The number of piperidine rings is 1. The fourth-order valence-corrected chi connectivity index (χ4v) is 8.01. The Labute approximate surface area is 259 Å². The van der Waals surface area contributed by atoms with Gasteiger partial charge in [-0.2, -0.15) is 0 Å². The molecule has 8 heteroatoms. The fourth-order valence-electron chi connectivity index (χ4n) is 6.81. The van der Waals surface area contributed by atoms with Crippen LogP contribution in [0.1, 0.15) is 74.6 Å². The van der Waals surface area contributed by atoms with Gasteiger partial charge in [0.05, 0.1) is 11.5 Å². The van der Waals surface area contributed by atoms with E-state index in [1.807, 2.05) is 72.5 Å². The number of nitrogens with zero attached hydrogens (tertiary/aromatic N) is 1. The first kappa shape index (κ1) is 30.8. The Balaban J connectivity index is 1.72. The van der Waals surface area contributed by atoms with Gasteiger partial charge in [0.15, 0.2) is 0 Å². The first-order valence-corrected chi connectivity index (χ1v) is 16.7. The topological polar surface area (TPSA) is 80.5 Å². The van der Waals surface area contributed by atoms with Gasteiger partial charge in [0, 0.05) is 22.0 Å². The van der Waals surface area contributed by atoms with Crippen molar-refractivity contribution in [3.63, 3.8) is 0 Å². The first-order chi connectivity index (χ1) is 19.9. The fraction of sp³-hybridized carbons (Fsp3) is 0.382. The number of allylic oxidation sites excluding steroid dienone is 1. The number of primary sulfonamides is 1. The van der Waals surface area contributed by atoms with Crippen molar-refractivity contribution in [3.05, 3.63) is 118 Å². The third kappa shape index (κ3) is 5.92. The second kappa shape index (κ2) is 11.8. The van der Waals surface area contributed by atoms with E-state index in [0.717, 1.165) is 24.0 Å². The van der Waals surface area contributed by atoms with Gasteiger partial charge < -0.3 is 4.90 Å². The van der Waals surface area contributed by atoms with Gasteiger partial charge in [-0.3, -0.25) is 4.79 Å². The minimum absolute atomic E-state index is 0.00218. The van der Waals surface area contributed by atoms with E-state index in [4.69, 9.17) is 28.3 Å². The Bertz CT molecular complexity index is 1560. The van der Waals surface area contributed by atoms with Gasteiger partial charge in [-0.15, -0.1) is 6.58 Å². The summed E-state index contributed by atoms with van der Waals surface area (Å²) in [5, 5.41) is 7.23. The maximum absolute atomic E-state index is 14.8. The summed E-state index contributed by atoms with van der Waals surface area (Å²) >= 11 is 12.8. The Morgan fingerprint density at radius 2 is 1.69 bits per heavy atom. The van der Waals surface area contributed by atoms with Gasteiger partial charge in [-0.05, 0) is 85.9 Å². The van der Waals surface area contributed by atoms with Crippen molar-refractivity contribution in [3.8, 4) is 0 Å². The average molecular weight is 626 g/mol. The largest absolute Gasteiger partial charge is 0.331 e.